The Morgan fingerprint density at radius 1 is 1.53 bits per heavy atom. The molecule has 0 aliphatic heterocycles. The van der Waals surface area contributed by atoms with Crippen molar-refractivity contribution in [3.63, 3.8) is 0 Å². The molecule has 0 aliphatic rings. The lowest BCUT2D eigenvalue weighted by atomic mass is 10.3. The van der Waals surface area contributed by atoms with Crippen LogP contribution < -0.4 is 0 Å². The van der Waals surface area contributed by atoms with Gasteiger partial charge in [-0.2, -0.15) is 4.31 Å². The number of halogens is 1. The molecule has 0 unspecified atom stereocenters. The molecular formula is C9H15BrN4O4S. The summed E-state index contributed by atoms with van der Waals surface area (Å²) in [6, 6.07) is -0.369. The SMILES string of the molecule is CC(C)N(CCC(=O)O)S(=O)(=O)c1c(Br)nnn1C. The Kier molecular flexibility index (Phi) is 5.04. The van der Waals surface area contributed by atoms with Crippen LogP contribution in [0.4, 0.5) is 0 Å². The van der Waals surface area contributed by atoms with E-state index in [1.165, 1.54) is 7.05 Å². The summed E-state index contributed by atoms with van der Waals surface area (Å²) in [7, 11) is -2.39. The fourth-order valence-corrected chi connectivity index (χ4v) is 4.24. The maximum absolute atomic E-state index is 12.5. The zero-order chi connectivity index (χ0) is 14.8. The zero-order valence-electron chi connectivity index (χ0n) is 10.7. The van der Waals surface area contributed by atoms with Gasteiger partial charge in [0.05, 0.1) is 6.42 Å². The van der Waals surface area contributed by atoms with E-state index in [-0.39, 0.29) is 28.6 Å². The molecular weight excluding hydrogens is 340 g/mol. The van der Waals surface area contributed by atoms with E-state index in [4.69, 9.17) is 5.11 Å². The van der Waals surface area contributed by atoms with Crippen molar-refractivity contribution in [1.82, 2.24) is 19.3 Å². The second-order valence-corrected chi connectivity index (χ2v) is 6.72. The van der Waals surface area contributed by atoms with Crippen LogP contribution in [-0.2, 0) is 21.9 Å². The summed E-state index contributed by atoms with van der Waals surface area (Å²) in [5.41, 5.74) is 0. The Labute approximate surface area is 119 Å². The third-order valence-electron chi connectivity index (χ3n) is 2.41. The first kappa shape index (κ1) is 16.1. The molecule has 1 aromatic rings. The molecule has 1 N–H and O–H groups in total. The van der Waals surface area contributed by atoms with Gasteiger partial charge in [-0.25, -0.2) is 13.1 Å². The molecule has 8 nitrogen and oxygen atoms in total. The quantitative estimate of drug-likeness (QED) is 0.794. The van der Waals surface area contributed by atoms with E-state index in [0.29, 0.717) is 0 Å². The Bertz CT molecular complexity index is 549. The number of sulfonamides is 1. The number of carboxylic acid groups (broad SMARTS) is 1. The molecule has 1 rings (SSSR count). The van der Waals surface area contributed by atoms with Crippen LogP contribution in [0.3, 0.4) is 0 Å². The lowest BCUT2D eigenvalue weighted by Gasteiger charge is -2.24. The van der Waals surface area contributed by atoms with Gasteiger partial charge in [-0.1, -0.05) is 5.21 Å². The van der Waals surface area contributed by atoms with E-state index >= 15 is 0 Å². The molecule has 0 atom stereocenters. The third-order valence-corrected chi connectivity index (χ3v) is 5.38. The second kappa shape index (κ2) is 5.97. The van der Waals surface area contributed by atoms with Crippen LogP contribution in [0.2, 0.25) is 0 Å². The number of rotatable bonds is 6. The highest BCUT2D eigenvalue weighted by Gasteiger charge is 2.32. The lowest BCUT2D eigenvalue weighted by Crippen LogP contribution is -2.39. The maximum atomic E-state index is 12.5. The number of hydrogen-bond donors (Lipinski definition) is 1. The third kappa shape index (κ3) is 3.51. The predicted octanol–water partition coefficient (Wildman–Crippen LogP) is 0.451. The molecule has 0 aromatic carbocycles. The summed E-state index contributed by atoms with van der Waals surface area (Å²) in [4.78, 5) is 10.6. The molecule has 0 aliphatic carbocycles. The molecule has 0 radical (unpaired) electrons. The number of nitrogens with zero attached hydrogens (tertiary/aromatic N) is 4. The van der Waals surface area contributed by atoms with Crippen LogP contribution in [0.5, 0.6) is 0 Å². The van der Waals surface area contributed by atoms with E-state index in [1.807, 2.05) is 0 Å². The van der Waals surface area contributed by atoms with Crippen LogP contribution in [0.25, 0.3) is 0 Å². The van der Waals surface area contributed by atoms with Crippen LogP contribution in [-0.4, -0.2) is 51.4 Å². The van der Waals surface area contributed by atoms with Crippen molar-refractivity contribution >= 4 is 31.9 Å². The number of aliphatic carboxylic acids is 1. The van der Waals surface area contributed by atoms with Crippen molar-refractivity contribution in [2.45, 2.75) is 31.3 Å². The largest absolute Gasteiger partial charge is 0.481 e. The number of hydrogen-bond acceptors (Lipinski definition) is 5. The molecule has 0 spiro atoms. The predicted molar refractivity (Wildman–Crippen MR) is 70.0 cm³/mol. The van der Waals surface area contributed by atoms with Crippen molar-refractivity contribution in [1.29, 1.82) is 0 Å². The summed E-state index contributed by atoms with van der Waals surface area (Å²) in [5.74, 6) is -1.05. The molecule has 0 amide bonds. The topological polar surface area (TPSA) is 105 Å². The fraction of sp³-hybridized carbons (Fsp3) is 0.667. The molecule has 108 valence electrons. The van der Waals surface area contributed by atoms with Crippen LogP contribution in [0, 0.1) is 0 Å². The van der Waals surface area contributed by atoms with Crippen molar-refractivity contribution < 1.29 is 18.3 Å². The normalized spacial score (nSPS) is 12.3. The van der Waals surface area contributed by atoms with Crippen molar-refractivity contribution in [2.75, 3.05) is 6.54 Å². The van der Waals surface area contributed by atoms with Crippen LogP contribution >= 0.6 is 15.9 Å². The number of aryl methyl sites for hydroxylation is 1. The molecule has 0 saturated heterocycles. The first-order valence-corrected chi connectivity index (χ1v) is 7.70. The molecule has 0 fully saturated rings. The van der Waals surface area contributed by atoms with Gasteiger partial charge in [0.25, 0.3) is 10.0 Å². The highest BCUT2D eigenvalue weighted by molar-refractivity contribution is 9.10. The molecule has 10 heteroatoms. The first-order chi connectivity index (χ1) is 8.67. The molecule has 0 saturated carbocycles. The van der Waals surface area contributed by atoms with Gasteiger partial charge in [-0.15, -0.1) is 5.10 Å². The Hall–Kier alpha value is -1.00. The van der Waals surface area contributed by atoms with Gasteiger partial charge < -0.3 is 5.11 Å². The van der Waals surface area contributed by atoms with Crippen molar-refractivity contribution in [3.05, 3.63) is 4.60 Å². The second-order valence-electron chi connectivity index (χ2n) is 4.16. The Morgan fingerprint density at radius 2 is 2.11 bits per heavy atom. The molecule has 1 heterocycles. The van der Waals surface area contributed by atoms with E-state index in [9.17, 15) is 13.2 Å². The summed E-state index contributed by atoms with van der Waals surface area (Å²) < 4.78 is 27.3. The summed E-state index contributed by atoms with van der Waals surface area (Å²) in [6.07, 6.45) is -0.264. The Balaban J connectivity index is 3.17. The molecule has 0 bridgehead atoms. The average Bonchev–Trinajstić information content (AvgIpc) is 2.57. The lowest BCUT2D eigenvalue weighted by molar-refractivity contribution is -0.137. The van der Waals surface area contributed by atoms with Gasteiger partial charge in [0.15, 0.2) is 4.60 Å². The van der Waals surface area contributed by atoms with E-state index in [0.717, 1.165) is 8.99 Å². The summed E-state index contributed by atoms with van der Waals surface area (Å²) >= 11 is 3.03. The monoisotopic (exact) mass is 354 g/mol. The van der Waals surface area contributed by atoms with Gasteiger partial charge in [-0.3, -0.25) is 4.79 Å². The standard InChI is InChI=1S/C9H15BrN4O4S/c1-6(2)14(5-4-7(15)16)19(17,18)9-8(10)11-12-13(9)3/h6H,4-5H2,1-3H3,(H,15,16). The Morgan fingerprint density at radius 3 is 2.47 bits per heavy atom. The smallest absolute Gasteiger partial charge is 0.304 e. The number of carboxylic acids is 1. The first-order valence-electron chi connectivity index (χ1n) is 5.46. The average molecular weight is 355 g/mol. The highest BCUT2D eigenvalue weighted by Crippen LogP contribution is 2.23. The highest BCUT2D eigenvalue weighted by atomic mass is 79.9. The minimum atomic E-state index is -3.85. The van der Waals surface area contributed by atoms with E-state index in [2.05, 4.69) is 26.2 Å². The summed E-state index contributed by atoms with van der Waals surface area (Å²) in [5, 5.41) is 15.8. The maximum Gasteiger partial charge on any atom is 0.304 e. The molecule has 19 heavy (non-hydrogen) atoms. The van der Waals surface area contributed by atoms with Crippen molar-refractivity contribution in [2.24, 2.45) is 7.05 Å². The van der Waals surface area contributed by atoms with E-state index < -0.39 is 16.0 Å². The van der Waals surface area contributed by atoms with Crippen molar-refractivity contribution in [3.8, 4) is 0 Å². The number of carbonyl (C=O) groups is 1. The van der Waals surface area contributed by atoms with Gasteiger partial charge >= 0.3 is 5.97 Å². The zero-order valence-corrected chi connectivity index (χ0v) is 13.1. The van der Waals surface area contributed by atoms with Crippen LogP contribution in [0.1, 0.15) is 20.3 Å². The fourth-order valence-electron chi connectivity index (χ4n) is 1.57. The molecule has 1 aromatic heterocycles. The van der Waals surface area contributed by atoms with E-state index in [1.54, 1.807) is 13.8 Å². The summed E-state index contributed by atoms with van der Waals surface area (Å²) in [6.45, 7) is 3.25. The van der Waals surface area contributed by atoms with Gasteiger partial charge in [0.2, 0.25) is 5.03 Å². The van der Waals surface area contributed by atoms with Gasteiger partial charge in [0, 0.05) is 19.6 Å². The van der Waals surface area contributed by atoms with Gasteiger partial charge in [-0.05, 0) is 29.8 Å². The minimum absolute atomic E-state index is 0.0911. The number of aromatic nitrogens is 3. The van der Waals surface area contributed by atoms with Crippen LogP contribution in [0.15, 0.2) is 9.63 Å². The van der Waals surface area contributed by atoms with Gasteiger partial charge in [0.1, 0.15) is 0 Å². The minimum Gasteiger partial charge on any atom is -0.481 e.